The second kappa shape index (κ2) is 6.44. The Labute approximate surface area is 142 Å². The fraction of sp³-hybridized carbons (Fsp3) is 0.211. The number of hydrogen-bond acceptors (Lipinski definition) is 3. The number of benzene rings is 2. The highest BCUT2D eigenvalue weighted by atomic mass is 16.5. The van der Waals surface area contributed by atoms with Gasteiger partial charge >= 0.3 is 5.97 Å². The van der Waals surface area contributed by atoms with E-state index in [1.165, 1.54) is 0 Å². The van der Waals surface area contributed by atoms with Gasteiger partial charge in [0.15, 0.2) is 0 Å². The lowest BCUT2D eigenvalue weighted by atomic mass is 9.91. The third-order valence-corrected chi connectivity index (χ3v) is 4.08. The van der Waals surface area contributed by atoms with E-state index in [0.29, 0.717) is 17.6 Å². The molecule has 0 saturated carbocycles. The molecule has 1 aliphatic rings. The first-order chi connectivity index (χ1) is 11.5. The molecule has 2 radical (unpaired) electrons. The summed E-state index contributed by atoms with van der Waals surface area (Å²) in [4.78, 5) is 11.2. The fourth-order valence-electron chi connectivity index (χ4n) is 2.84. The molecule has 2 aromatic carbocycles. The molecule has 120 valence electrons. The molecule has 1 atom stereocenters. The monoisotopic (exact) mass is 320 g/mol. The third-order valence-electron chi connectivity index (χ3n) is 4.08. The van der Waals surface area contributed by atoms with Gasteiger partial charge < -0.3 is 14.6 Å². The number of fused-ring (bicyclic) bond motifs is 1. The highest BCUT2D eigenvalue weighted by molar-refractivity contribution is 6.32. The van der Waals surface area contributed by atoms with Crippen LogP contribution in [0.2, 0.25) is 0 Å². The molecule has 0 bridgehead atoms. The van der Waals surface area contributed by atoms with E-state index < -0.39 is 12.1 Å². The Hall–Kier alpha value is -2.69. The summed E-state index contributed by atoms with van der Waals surface area (Å²) in [5, 5.41) is 9.19. The normalized spacial score (nSPS) is 15.9. The molecule has 0 amide bonds. The topological polar surface area (TPSA) is 55.8 Å². The first-order valence-electron chi connectivity index (χ1n) is 7.65. The number of methoxy groups -OCH3 is 1. The van der Waals surface area contributed by atoms with Crippen LogP contribution in [-0.2, 0) is 11.2 Å². The quantitative estimate of drug-likeness (QED) is 0.879. The number of carbonyl (C=O) groups is 1. The van der Waals surface area contributed by atoms with E-state index >= 15 is 0 Å². The molecular weight excluding hydrogens is 303 g/mol. The van der Waals surface area contributed by atoms with Gasteiger partial charge in [-0.2, -0.15) is 0 Å². The van der Waals surface area contributed by atoms with E-state index in [1.807, 2.05) is 30.3 Å². The molecule has 2 aromatic rings. The first-order valence-corrected chi connectivity index (χ1v) is 7.65. The lowest BCUT2D eigenvalue weighted by Gasteiger charge is -2.23. The Bertz CT molecular complexity index is 826. The average molecular weight is 320 g/mol. The maximum Gasteiger partial charge on any atom is 0.335 e. The smallest absolute Gasteiger partial charge is 0.335 e. The fourth-order valence-corrected chi connectivity index (χ4v) is 2.84. The molecule has 3 rings (SSSR count). The van der Waals surface area contributed by atoms with Crippen molar-refractivity contribution < 1.29 is 19.4 Å². The highest BCUT2D eigenvalue weighted by Gasteiger charge is 2.24. The third kappa shape index (κ3) is 3.16. The van der Waals surface area contributed by atoms with Crippen LogP contribution < -0.4 is 14.9 Å². The van der Waals surface area contributed by atoms with Crippen molar-refractivity contribution in [3.8, 4) is 11.5 Å². The van der Waals surface area contributed by atoms with E-state index in [4.69, 9.17) is 17.3 Å². The van der Waals surface area contributed by atoms with Gasteiger partial charge in [0.05, 0.1) is 12.7 Å². The van der Waals surface area contributed by atoms with E-state index in [0.717, 1.165) is 22.4 Å². The van der Waals surface area contributed by atoms with Gasteiger partial charge in [-0.05, 0) is 36.3 Å². The summed E-state index contributed by atoms with van der Waals surface area (Å²) in [5.74, 6) is 0.513. The zero-order valence-electron chi connectivity index (χ0n) is 13.6. The van der Waals surface area contributed by atoms with Crippen molar-refractivity contribution in [3.63, 3.8) is 0 Å². The molecule has 0 fully saturated rings. The number of carboxylic acid groups (broad SMARTS) is 1. The molecule has 5 heteroatoms. The number of aliphatic carboxylic acids is 1. The van der Waals surface area contributed by atoms with Crippen LogP contribution in [0.4, 0.5) is 0 Å². The minimum atomic E-state index is -0.957. The predicted molar refractivity (Wildman–Crippen MR) is 93.3 cm³/mol. The van der Waals surface area contributed by atoms with Crippen LogP contribution in [0.15, 0.2) is 42.0 Å². The number of ether oxygens (including phenoxy) is 2. The van der Waals surface area contributed by atoms with Gasteiger partial charge in [0.1, 0.15) is 25.4 Å². The van der Waals surface area contributed by atoms with Crippen LogP contribution in [0, 0.1) is 0 Å². The molecule has 1 N–H and O–H groups in total. The first kappa shape index (κ1) is 16.2. The van der Waals surface area contributed by atoms with Gasteiger partial charge in [0, 0.05) is 12.0 Å². The van der Waals surface area contributed by atoms with Crippen molar-refractivity contribution in [2.45, 2.75) is 19.4 Å². The summed E-state index contributed by atoms with van der Waals surface area (Å²) >= 11 is 0. The molecule has 4 nitrogen and oxygen atoms in total. The summed E-state index contributed by atoms with van der Waals surface area (Å²) < 4.78 is 11.1. The second-order valence-electron chi connectivity index (χ2n) is 5.79. The molecule has 0 saturated heterocycles. The minimum absolute atomic E-state index is 0.257. The van der Waals surface area contributed by atoms with Crippen molar-refractivity contribution in [3.05, 3.63) is 58.7 Å². The van der Waals surface area contributed by atoms with Crippen molar-refractivity contribution in [1.82, 2.24) is 0 Å². The highest BCUT2D eigenvalue weighted by Crippen LogP contribution is 2.32. The number of rotatable bonds is 4. The molecule has 0 aromatic heterocycles. The van der Waals surface area contributed by atoms with Gasteiger partial charge in [-0.15, -0.1) is 0 Å². The van der Waals surface area contributed by atoms with Crippen molar-refractivity contribution in [2.75, 3.05) is 7.11 Å². The van der Waals surface area contributed by atoms with Crippen LogP contribution >= 0.6 is 0 Å². The zero-order valence-corrected chi connectivity index (χ0v) is 13.6. The minimum Gasteiger partial charge on any atom is -0.496 e. The van der Waals surface area contributed by atoms with Crippen molar-refractivity contribution >= 4 is 25.4 Å². The lowest BCUT2D eigenvalue weighted by molar-refractivity contribution is -0.133. The summed E-state index contributed by atoms with van der Waals surface area (Å²) in [7, 11) is 7.49. The molecule has 24 heavy (non-hydrogen) atoms. The predicted octanol–water partition coefficient (Wildman–Crippen LogP) is 2.33. The molecule has 1 unspecified atom stereocenters. The molecule has 1 aliphatic heterocycles. The van der Waals surface area contributed by atoms with Crippen molar-refractivity contribution in [1.29, 1.82) is 0 Å². The van der Waals surface area contributed by atoms with Crippen LogP contribution in [0.3, 0.4) is 0 Å². The maximum atomic E-state index is 11.2. The maximum absolute atomic E-state index is 11.2. The van der Waals surface area contributed by atoms with E-state index in [-0.39, 0.29) is 5.57 Å². The summed E-state index contributed by atoms with van der Waals surface area (Å²) in [6.45, 7) is 1.73. The van der Waals surface area contributed by atoms with Gasteiger partial charge in [-0.3, -0.25) is 0 Å². The summed E-state index contributed by atoms with van der Waals surface area (Å²) in [6, 6.07) is 11.3. The Morgan fingerprint density at radius 3 is 2.79 bits per heavy atom. The largest absolute Gasteiger partial charge is 0.496 e. The number of carboxylic acids is 1. The van der Waals surface area contributed by atoms with Crippen molar-refractivity contribution in [2.24, 2.45) is 0 Å². The second-order valence-corrected chi connectivity index (χ2v) is 5.79. The van der Waals surface area contributed by atoms with E-state index in [2.05, 4.69) is 0 Å². The van der Waals surface area contributed by atoms with Crippen LogP contribution in [-0.4, -0.2) is 32.1 Å². The molecule has 0 spiro atoms. The SMILES string of the molecule is [B]c1ccc(OC)c(Cc2ccc3c(c2)OC(C)C(C(=O)O)=C3)c1. The van der Waals surface area contributed by atoms with Gasteiger partial charge in [0.2, 0.25) is 0 Å². The Morgan fingerprint density at radius 2 is 2.08 bits per heavy atom. The average Bonchev–Trinajstić information content (AvgIpc) is 2.54. The summed E-state index contributed by atoms with van der Waals surface area (Å²) in [6.07, 6.45) is 1.83. The molecular formula is C19H17BO4. The van der Waals surface area contributed by atoms with E-state index in [1.54, 1.807) is 26.2 Å². The number of hydrogen-bond donors (Lipinski definition) is 1. The lowest BCUT2D eigenvalue weighted by Crippen LogP contribution is -2.24. The Balaban J connectivity index is 1.92. The van der Waals surface area contributed by atoms with Crippen LogP contribution in [0.5, 0.6) is 11.5 Å². The van der Waals surface area contributed by atoms with Gasteiger partial charge in [-0.1, -0.05) is 29.7 Å². The van der Waals surface area contributed by atoms with Gasteiger partial charge in [0.25, 0.3) is 0 Å². The van der Waals surface area contributed by atoms with Crippen LogP contribution in [0.1, 0.15) is 23.6 Å². The standard InChI is InChI=1S/C19H17BO4/c1-11-16(19(21)22)10-13-4-3-12(8-18(13)24-11)7-14-9-15(20)5-6-17(14)23-2/h3-6,8-11H,7H2,1-2H3,(H,21,22). The Morgan fingerprint density at radius 1 is 1.29 bits per heavy atom. The van der Waals surface area contributed by atoms with E-state index in [9.17, 15) is 9.90 Å². The Kier molecular flexibility index (Phi) is 4.34. The summed E-state index contributed by atoms with van der Waals surface area (Å²) in [5.41, 5.74) is 3.74. The van der Waals surface area contributed by atoms with Crippen LogP contribution in [0.25, 0.3) is 6.08 Å². The molecule has 1 heterocycles. The zero-order chi connectivity index (χ0) is 17.3. The van der Waals surface area contributed by atoms with Gasteiger partial charge in [-0.25, -0.2) is 4.79 Å². The molecule has 0 aliphatic carbocycles.